The third kappa shape index (κ3) is 3.34. The molecule has 0 aliphatic carbocycles. The van der Waals surface area contributed by atoms with Crippen LogP contribution in [0.4, 0.5) is 0 Å². The Morgan fingerprint density at radius 2 is 2.04 bits per heavy atom. The minimum Gasteiger partial charge on any atom is -0.480 e. The monoisotopic (exact) mass is 340 g/mol. The minimum absolute atomic E-state index is 0.230. The molecule has 23 heavy (non-hydrogen) atoms. The summed E-state index contributed by atoms with van der Waals surface area (Å²) >= 11 is 1.10. The Bertz CT molecular complexity index is 849. The zero-order chi connectivity index (χ0) is 17.3. The number of carboxylic acids is 1. The van der Waals surface area contributed by atoms with Crippen molar-refractivity contribution in [3.63, 3.8) is 0 Å². The molecule has 2 aromatic rings. The maximum absolute atomic E-state index is 12.2. The fraction of sp³-hybridized carbons (Fsp3) is 0.571. The van der Waals surface area contributed by atoms with Crippen LogP contribution in [0.25, 0.3) is 11.2 Å². The lowest BCUT2D eigenvalue weighted by Crippen LogP contribution is -2.29. The number of aryl methyl sites for hydroxylation is 1. The van der Waals surface area contributed by atoms with Crippen LogP contribution in [0.15, 0.2) is 14.7 Å². The van der Waals surface area contributed by atoms with E-state index in [1.165, 1.54) is 11.6 Å². The van der Waals surface area contributed by atoms with E-state index in [0.29, 0.717) is 23.6 Å². The highest BCUT2D eigenvalue weighted by Gasteiger charge is 2.24. The number of hydrogen-bond donors (Lipinski definition) is 2. The predicted octanol–water partition coefficient (Wildman–Crippen LogP) is 1.03. The summed E-state index contributed by atoms with van der Waals surface area (Å²) in [6.45, 7) is 6.27. The van der Waals surface area contributed by atoms with Crippen molar-refractivity contribution >= 4 is 28.9 Å². The molecular weight excluding hydrogens is 320 g/mol. The van der Waals surface area contributed by atoms with Gasteiger partial charge in [-0.25, -0.2) is 9.78 Å². The fourth-order valence-electron chi connectivity index (χ4n) is 2.27. The number of carboxylic acid groups (broad SMARTS) is 1. The molecule has 2 heterocycles. The number of aromatic amines is 1. The van der Waals surface area contributed by atoms with Gasteiger partial charge in [0.2, 0.25) is 0 Å². The SMILES string of the molecule is CCC(Sc1nc2c(c(=O)[nH]c(=O)n2C)n1CC(C)C)C(=O)O. The molecule has 0 spiro atoms. The molecule has 2 N–H and O–H groups in total. The number of fused-ring (bicyclic) bond motifs is 1. The van der Waals surface area contributed by atoms with Crippen molar-refractivity contribution in [3.05, 3.63) is 20.8 Å². The fourth-order valence-corrected chi connectivity index (χ4v) is 3.23. The van der Waals surface area contributed by atoms with Crippen molar-refractivity contribution in [1.82, 2.24) is 19.1 Å². The van der Waals surface area contributed by atoms with E-state index in [4.69, 9.17) is 0 Å². The molecule has 9 heteroatoms. The van der Waals surface area contributed by atoms with Gasteiger partial charge in [0.1, 0.15) is 5.25 Å². The average molecular weight is 340 g/mol. The lowest BCUT2D eigenvalue weighted by atomic mass is 10.2. The zero-order valence-corrected chi connectivity index (χ0v) is 14.3. The van der Waals surface area contributed by atoms with E-state index >= 15 is 0 Å². The maximum Gasteiger partial charge on any atom is 0.329 e. The largest absolute Gasteiger partial charge is 0.480 e. The molecule has 1 atom stereocenters. The topological polar surface area (TPSA) is 110 Å². The van der Waals surface area contributed by atoms with Gasteiger partial charge in [-0.3, -0.25) is 19.1 Å². The second-order valence-electron chi connectivity index (χ2n) is 5.74. The van der Waals surface area contributed by atoms with Crippen LogP contribution in [0.5, 0.6) is 0 Å². The summed E-state index contributed by atoms with van der Waals surface area (Å²) in [7, 11) is 1.52. The molecule has 0 saturated heterocycles. The van der Waals surface area contributed by atoms with Crippen molar-refractivity contribution in [2.45, 2.75) is 44.1 Å². The predicted molar refractivity (Wildman–Crippen MR) is 88.0 cm³/mol. The quantitative estimate of drug-likeness (QED) is 0.760. The van der Waals surface area contributed by atoms with Crippen LogP contribution < -0.4 is 11.2 Å². The van der Waals surface area contributed by atoms with Gasteiger partial charge in [-0.2, -0.15) is 0 Å². The molecule has 2 aromatic heterocycles. The van der Waals surface area contributed by atoms with E-state index in [1.807, 2.05) is 13.8 Å². The van der Waals surface area contributed by atoms with Crippen molar-refractivity contribution in [3.8, 4) is 0 Å². The van der Waals surface area contributed by atoms with Gasteiger partial charge in [0.25, 0.3) is 5.56 Å². The van der Waals surface area contributed by atoms with Gasteiger partial charge in [-0.05, 0) is 12.3 Å². The summed E-state index contributed by atoms with van der Waals surface area (Å²) in [6.07, 6.45) is 0.431. The van der Waals surface area contributed by atoms with Gasteiger partial charge in [0, 0.05) is 13.6 Å². The van der Waals surface area contributed by atoms with Crippen LogP contribution in [-0.2, 0) is 18.4 Å². The summed E-state index contributed by atoms with van der Waals surface area (Å²) in [4.78, 5) is 41.9. The summed E-state index contributed by atoms with van der Waals surface area (Å²) in [5.41, 5.74) is -0.490. The molecule has 8 nitrogen and oxygen atoms in total. The lowest BCUT2D eigenvalue weighted by molar-refractivity contribution is -0.136. The average Bonchev–Trinajstić information content (AvgIpc) is 2.80. The number of aliphatic carboxylic acids is 1. The Morgan fingerprint density at radius 3 is 2.57 bits per heavy atom. The van der Waals surface area contributed by atoms with Crippen LogP contribution in [0.3, 0.4) is 0 Å². The number of thioether (sulfide) groups is 1. The first-order valence-electron chi connectivity index (χ1n) is 7.35. The number of nitrogens with one attached hydrogen (secondary N) is 1. The van der Waals surface area contributed by atoms with Gasteiger partial charge in [-0.15, -0.1) is 0 Å². The molecule has 0 aromatic carbocycles. The summed E-state index contributed by atoms with van der Waals surface area (Å²) in [5, 5.41) is 9.04. The highest BCUT2D eigenvalue weighted by molar-refractivity contribution is 8.00. The van der Waals surface area contributed by atoms with Crippen molar-refractivity contribution in [2.24, 2.45) is 13.0 Å². The van der Waals surface area contributed by atoms with E-state index in [9.17, 15) is 19.5 Å². The van der Waals surface area contributed by atoms with E-state index in [-0.39, 0.29) is 11.6 Å². The maximum atomic E-state index is 12.2. The molecule has 0 saturated carbocycles. The van der Waals surface area contributed by atoms with Crippen LogP contribution in [0, 0.1) is 5.92 Å². The van der Waals surface area contributed by atoms with Crippen molar-refractivity contribution in [2.75, 3.05) is 0 Å². The normalized spacial score (nSPS) is 12.9. The Balaban J connectivity index is 2.70. The second-order valence-corrected chi connectivity index (χ2v) is 6.91. The smallest absolute Gasteiger partial charge is 0.329 e. The molecule has 2 rings (SSSR count). The summed E-state index contributed by atoms with van der Waals surface area (Å²) in [6, 6.07) is 0. The molecule has 0 radical (unpaired) electrons. The minimum atomic E-state index is -0.927. The molecular formula is C14H20N4O4S. The highest BCUT2D eigenvalue weighted by Crippen LogP contribution is 2.28. The highest BCUT2D eigenvalue weighted by atomic mass is 32.2. The number of nitrogens with zero attached hydrogens (tertiary/aromatic N) is 3. The Kier molecular flexibility index (Phi) is 4.98. The first-order valence-corrected chi connectivity index (χ1v) is 8.23. The number of hydrogen-bond acceptors (Lipinski definition) is 5. The van der Waals surface area contributed by atoms with Crippen LogP contribution in [0.1, 0.15) is 27.2 Å². The summed E-state index contributed by atoms with van der Waals surface area (Å²) in [5.74, 6) is -0.697. The lowest BCUT2D eigenvalue weighted by Gasteiger charge is -2.13. The van der Waals surface area contributed by atoms with Crippen LogP contribution >= 0.6 is 11.8 Å². The van der Waals surface area contributed by atoms with E-state index in [2.05, 4.69) is 9.97 Å². The van der Waals surface area contributed by atoms with Gasteiger partial charge < -0.3 is 9.67 Å². The number of imidazole rings is 1. The third-order valence-electron chi connectivity index (χ3n) is 3.41. The number of rotatable bonds is 6. The molecule has 0 aliphatic rings. The second kappa shape index (κ2) is 6.61. The molecule has 126 valence electrons. The zero-order valence-electron chi connectivity index (χ0n) is 13.5. The van der Waals surface area contributed by atoms with Crippen LogP contribution in [-0.4, -0.2) is 35.4 Å². The molecule has 1 unspecified atom stereocenters. The van der Waals surface area contributed by atoms with Gasteiger partial charge in [-0.1, -0.05) is 32.5 Å². The first kappa shape index (κ1) is 17.3. The molecule has 0 aliphatic heterocycles. The first-order chi connectivity index (χ1) is 10.8. The Hall–Kier alpha value is -2.03. The number of aromatic nitrogens is 4. The van der Waals surface area contributed by atoms with E-state index < -0.39 is 22.5 Å². The molecule has 0 fully saturated rings. The molecule has 0 bridgehead atoms. The standard InChI is InChI=1S/C14H20N4O4S/c1-5-8(12(20)21)23-14-15-10-9(18(14)6-7(2)3)11(19)16-13(22)17(10)4/h7-8H,5-6H2,1-4H3,(H,20,21)(H,16,19,22). The van der Waals surface area contributed by atoms with E-state index in [1.54, 1.807) is 11.5 Å². The Labute approximate surface area is 136 Å². The number of carbonyl (C=O) groups is 1. The van der Waals surface area contributed by atoms with E-state index in [0.717, 1.165) is 11.8 Å². The van der Waals surface area contributed by atoms with Crippen molar-refractivity contribution in [1.29, 1.82) is 0 Å². The molecule has 0 amide bonds. The van der Waals surface area contributed by atoms with Crippen LogP contribution in [0.2, 0.25) is 0 Å². The van der Waals surface area contributed by atoms with Gasteiger partial charge in [0.05, 0.1) is 0 Å². The Morgan fingerprint density at radius 1 is 1.39 bits per heavy atom. The van der Waals surface area contributed by atoms with Crippen molar-refractivity contribution < 1.29 is 9.90 Å². The number of H-pyrrole nitrogens is 1. The van der Waals surface area contributed by atoms with Gasteiger partial charge >= 0.3 is 11.7 Å². The summed E-state index contributed by atoms with van der Waals surface area (Å²) < 4.78 is 2.97. The van der Waals surface area contributed by atoms with Gasteiger partial charge in [0.15, 0.2) is 16.3 Å². The third-order valence-corrected chi connectivity index (χ3v) is 4.76.